The fraction of sp³-hybridized carbons (Fsp3) is 0.632. The van der Waals surface area contributed by atoms with Crippen molar-refractivity contribution in [1.82, 2.24) is 19.5 Å². The highest BCUT2D eigenvalue weighted by atomic mass is 31.2. The van der Waals surface area contributed by atoms with Crippen LogP contribution < -0.4 is 5.73 Å². The molecule has 16 heteroatoms. The number of anilines is 1. The summed E-state index contributed by atoms with van der Waals surface area (Å²) in [5, 5.41) is 0. The van der Waals surface area contributed by atoms with Crippen LogP contribution in [-0.4, -0.2) is 70.6 Å². The van der Waals surface area contributed by atoms with E-state index in [0.717, 1.165) is 0 Å². The lowest BCUT2D eigenvalue weighted by Crippen LogP contribution is -2.20. The van der Waals surface area contributed by atoms with Crippen molar-refractivity contribution in [2.75, 3.05) is 32.3 Å². The Kier molecular flexibility index (Phi) is 11.1. The minimum atomic E-state index is -4.05. The van der Waals surface area contributed by atoms with Crippen molar-refractivity contribution in [3.63, 3.8) is 0 Å². The van der Waals surface area contributed by atoms with Crippen molar-refractivity contribution in [2.24, 2.45) is 0 Å². The van der Waals surface area contributed by atoms with E-state index < -0.39 is 52.0 Å². The molecule has 0 spiro atoms. The van der Waals surface area contributed by atoms with E-state index in [1.54, 1.807) is 25.3 Å². The summed E-state index contributed by atoms with van der Waals surface area (Å²) in [6, 6.07) is 0. The van der Waals surface area contributed by atoms with Crippen LogP contribution in [0.1, 0.15) is 34.1 Å². The Morgan fingerprint density at radius 1 is 1.06 bits per heavy atom. The molecule has 2 heterocycles. The van der Waals surface area contributed by atoms with E-state index in [0.29, 0.717) is 17.6 Å². The topological polar surface area (TPSA) is 185 Å². The van der Waals surface area contributed by atoms with Crippen LogP contribution in [0, 0.1) is 0 Å². The molecule has 2 aromatic rings. The highest BCUT2D eigenvalue weighted by Crippen LogP contribution is 2.48. The SMILES string of the molecule is CCCOC(=O)OCO[P@@](=O)(CO[C@H](C)Cn1cnc2c(N)ncnc21)OCOC(=O)OC(C)C. The standard InChI is InChI=1S/C19H30N5O10P/c1-5-6-28-18(25)29-10-32-35(27,33-11-30-19(26)34-13(2)3)12-31-14(4)7-24-9-23-15-16(20)21-8-22-17(15)24/h8-9,13-14H,5-7,10-12H2,1-4H3,(H2,20,21,22)/t14-,35+/m1/s1. The Morgan fingerprint density at radius 2 is 1.74 bits per heavy atom. The second kappa shape index (κ2) is 13.8. The van der Waals surface area contributed by atoms with Crippen molar-refractivity contribution < 1.29 is 46.9 Å². The van der Waals surface area contributed by atoms with E-state index in [1.165, 1.54) is 12.7 Å². The van der Waals surface area contributed by atoms with Gasteiger partial charge in [0.25, 0.3) is 0 Å². The largest absolute Gasteiger partial charge is 0.510 e. The molecule has 2 atom stereocenters. The predicted molar refractivity (Wildman–Crippen MR) is 120 cm³/mol. The molecule has 0 bridgehead atoms. The van der Waals surface area contributed by atoms with Gasteiger partial charge in [-0.05, 0) is 27.2 Å². The quantitative estimate of drug-likeness (QED) is 0.218. The van der Waals surface area contributed by atoms with Gasteiger partial charge in [0.05, 0.1) is 31.7 Å². The zero-order valence-electron chi connectivity index (χ0n) is 19.9. The summed E-state index contributed by atoms with van der Waals surface area (Å²) >= 11 is 0. The lowest BCUT2D eigenvalue weighted by molar-refractivity contribution is -0.0335. The zero-order valence-corrected chi connectivity index (χ0v) is 20.8. The Morgan fingerprint density at radius 3 is 2.40 bits per heavy atom. The molecular weight excluding hydrogens is 489 g/mol. The summed E-state index contributed by atoms with van der Waals surface area (Å²) in [4.78, 5) is 35.2. The minimum Gasteiger partial charge on any atom is -0.434 e. The Bertz CT molecular complexity index is 1020. The highest BCUT2D eigenvalue weighted by Gasteiger charge is 2.28. The van der Waals surface area contributed by atoms with E-state index >= 15 is 0 Å². The molecule has 35 heavy (non-hydrogen) atoms. The molecule has 15 nitrogen and oxygen atoms in total. The van der Waals surface area contributed by atoms with Gasteiger partial charge >= 0.3 is 19.9 Å². The Labute approximate surface area is 201 Å². The van der Waals surface area contributed by atoms with Crippen LogP contribution in [0.2, 0.25) is 0 Å². The van der Waals surface area contributed by atoms with E-state index in [-0.39, 0.29) is 19.0 Å². The number of nitrogen functional groups attached to an aromatic ring is 1. The maximum Gasteiger partial charge on any atom is 0.510 e. The van der Waals surface area contributed by atoms with Gasteiger partial charge in [0, 0.05) is 0 Å². The summed E-state index contributed by atoms with van der Waals surface area (Å²) < 4.78 is 49.6. The minimum absolute atomic E-state index is 0.152. The maximum atomic E-state index is 13.1. The number of carbonyl (C=O) groups is 2. The number of hydrogen-bond acceptors (Lipinski definition) is 14. The fourth-order valence-electron chi connectivity index (χ4n) is 2.46. The lowest BCUT2D eigenvalue weighted by Gasteiger charge is -2.21. The van der Waals surface area contributed by atoms with Crippen LogP contribution in [0.25, 0.3) is 11.2 Å². The van der Waals surface area contributed by atoms with Gasteiger partial charge in [0.15, 0.2) is 11.5 Å². The van der Waals surface area contributed by atoms with Gasteiger partial charge in [-0.15, -0.1) is 0 Å². The van der Waals surface area contributed by atoms with Gasteiger partial charge in [-0.3, -0.25) is 13.6 Å². The molecule has 0 saturated carbocycles. The maximum absolute atomic E-state index is 13.1. The monoisotopic (exact) mass is 519 g/mol. The normalized spacial score (nSPS) is 13.9. The van der Waals surface area contributed by atoms with Crippen molar-refractivity contribution in [1.29, 1.82) is 0 Å². The molecule has 0 radical (unpaired) electrons. The first-order valence-electron chi connectivity index (χ1n) is 10.7. The smallest absolute Gasteiger partial charge is 0.434 e. The van der Waals surface area contributed by atoms with E-state index in [1.807, 2.05) is 6.92 Å². The van der Waals surface area contributed by atoms with Gasteiger partial charge in [-0.25, -0.2) is 24.5 Å². The average molecular weight is 519 g/mol. The molecule has 2 aromatic heterocycles. The fourth-order valence-corrected chi connectivity index (χ4v) is 3.54. The summed E-state index contributed by atoms with van der Waals surface area (Å²) in [5.74, 6) is 0.238. The Hall–Kier alpha value is -3.00. The van der Waals surface area contributed by atoms with Crippen LogP contribution in [0.5, 0.6) is 0 Å². The summed E-state index contributed by atoms with van der Waals surface area (Å²) in [5.41, 5.74) is 6.73. The molecule has 0 fully saturated rings. The van der Waals surface area contributed by atoms with Gasteiger partial charge in [-0.2, -0.15) is 0 Å². The number of nitrogens with zero attached hydrogens (tertiary/aromatic N) is 4. The third-order valence-corrected chi connectivity index (χ3v) is 5.47. The number of nitrogens with two attached hydrogens (primary N) is 1. The molecule has 0 saturated heterocycles. The molecule has 2 rings (SSSR count). The van der Waals surface area contributed by atoms with Gasteiger partial charge in [0.2, 0.25) is 13.6 Å². The van der Waals surface area contributed by atoms with Gasteiger partial charge in [-0.1, -0.05) is 6.92 Å². The number of fused-ring (bicyclic) bond motifs is 1. The van der Waals surface area contributed by atoms with E-state index in [9.17, 15) is 14.2 Å². The number of carbonyl (C=O) groups excluding carboxylic acids is 2. The van der Waals surface area contributed by atoms with Crippen LogP contribution in [0.4, 0.5) is 15.4 Å². The number of imidazole rings is 1. The first-order chi connectivity index (χ1) is 16.6. The van der Waals surface area contributed by atoms with E-state index in [2.05, 4.69) is 15.0 Å². The van der Waals surface area contributed by atoms with Gasteiger partial charge < -0.3 is 34.0 Å². The van der Waals surface area contributed by atoms with Crippen molar-refractivity contribution in [3.05, 3.63) is 12.7 Å². The molecule has 0 aliphatic rings. The van der Waals surface area contributed by atoms with Crippen LogP contribution in [0.15, 0.2) is 12.7 Å². The average Bonchev–Trinajstić information content (AvgIpc) is 3.20. The number of aromatic nitrogens is 4. The van der Waals surface area contributed by atoms with Crippen LogP contribution in [0.3, 0.4) is 0 Å². The molecule has 196 valence electrons. The van der Waals surface area contributed by atoms with Gasteiger partial charge in [0.1, 0.15) is 18.2 Å². The molecule has 2 N–H and O–H groups in total. The predicted octanol–water partition coefficient (Wildman–Crippen LogP) is 3.04. The number of rotatable bonds is 14. The van der Waals surface area contributed by atoms with Crippen LogP contribution >= 0.6 is 7.60 Å². The summed E-state index contributed by atoms with van der Waals surface area (Å²) in [7, 11) is -4.05. The molecule has 0 amide bonds. The lowest BCUT2D eigenvalue weighted by atomic mass is 10.4. The second-order valence-electron chi connectivity index (χ2n) is 7.34. The second-order valence-corrected chi connectivity index (χ2v) is 9.34. The molecule has 0 aromatic carbocycles. The van der Waals surface area contributed by atoms with Crippen molar-refractivity contribution in [3.8, 4) is 0 Å². The van der Waals surface area contributed by atoms with Crippen molar-refractivity contribution >= 4 is 36.9 Å². The third kappa shape index (κ3) is 9.64. The third-order valence-electron chi connectivity index (χ3n) is 4.01. The molecular formula is C19H30N5O10P. The highest BCUT2D eigenvalue weighted by molar-refractivity contribution is 7.53. The number of hydrogen-bond donors (Lipinski definition) is 1. The summed E-state index contributed by atoms with van der Waals surface area (Å²) in [6.45, 7) is 5.70. The zero-order chi connectivity index (χ0) is 25.8. The molecule has 0 unspecified atom stereocenters. The van der Waals surface area contributed by atoms with Crippen molar-refractivity contribution in [2.45, 2.75) is 52.9 Å². The van der Waals surface area contributed by atoms with Crippen LogP contribution in [-0.2, 0) is 43.8 Å². The number of ether oxygens (including phenoxy) is 5. The Balaban J connectivity index is 1.94. The first-order valence-corrected chi connectivity index (χ1v) is 12.4. The first kappa shape index (κ1) is 28.2. The summed E-state index contributed by atoms with van der Waals surface area (Å²) in [6.07, 6.45) is -0.0833. The molecule has 0 aliphatic carbocycles. The molecule has 0 aliphatic heterocycles. The van der Waals surface area contributed by atoms with E-state index in [4.69, 9.17) is 38.5 Å².